The molecule has 0 amide bonds. The van der Waals surface area contributed by atoms with E-state index in [9.17, 15) is 18.0 Å². The van der Waals surface area contributed by atoms with Gasteiger partial charge in [0.15, 0.2) is 5.78 Å². The molecule has 0 bridgehead atoms. The summed E-state index contributed by atoms with van der Waals surface area (Å²) in [7, 11) is 0. The van der Waals surface area contributed by atoms with Gasteiger partial charge < -0.3 is 4.98 Å². The lowest BCUT2D eigenvalue weighted by Crippen LogP contribution is -2.10. The summed E-state index contributed by atoms with van der Waals surface area (Å²) in [5.74, 6) is -0.395. The second kappa shape index (κ2) is 4.40. The SMILES string of the molecule is CC(=O)c1c(C(F)(F)F)[nH]c2ccc(C(C)C)cc12. The molecule has 102 valence electrons. The predicted molar refractivity (Wildman–Crippen MR) is 67.4 cm³/mol. The maximum Gasteiger partial charge on any atom is 0.431 e. The highest BCUT2D eigenvalue weighted by molar-refractivity contribution is 6.08. The van der Waals surface area contributed by atoms with Crippen LogP contribution in [0.15, 0.2) is 18.2 Å². The van der Waals surface area contributed by atoms with Gasteiger partial charge in [0.2, 0.25) is 0 Å². The summed E-state index contributed by atoms with van der Waals surface area (Å²) in [6, 6.07) is 5.02. The van der Waals surface area contributed by atoms with Crippen molar-refractivity contribution in [2.24, 2.45) is 0 Å². The van der Waals surface area contributed by atoms with Gasteiger partial charge in [-0.15, -0.1) is 0 Å². The number of carbonyl (C=O) groups is 1. The van der Waals surface area contributed by atoms with Gasteiger partial charge in [0.05, 0.1) is 5.56 Å². The molecule has 0 aliphatic rings. The van der Waals surface area contributed by atoms with Gasteiger partial charge in [0, 0.05) is 10.9 Å². The Bertz CT molecular complexity index is 638. The van der Waals surface area contributed by atoms with E-state index in [4.69, 9.17) is 0 Å². The summed E-state index contributed by atoms with van der Waals surface area (Å²) >= 11 is 0. The molecule has 5 heteroatoms. The molecule has 0 unspecified atom stereocenters. The van der Waals surface area contributed by atoms with Crippen LogP contribution in [0.3, 0.4) is 0 Å². The van der Waals surface area contributed by atoms with E-state index in [2.05, 4.69) is 4.98 Å². The minimum absolute atomic E-state index is 0.188. The van der Waals surface area contributed by atoms with Gasteiger partial charge >= 0.3 is 6.18 Å². The number of Topliss-reactive ketones (excluding diaryl/α,β-unsaturated/α-hetero) is 1. The lowest BCUT2D eigenvalue weighted by Gasteiger charge is -2.06. The number of halogens is 3. The highest BCUT2D eigenvalue weighted by Crippen LogP contribution is 2.36. The molecule has 1 aromatic heterocycles. The highest BCUT2D eigenvalue weighted by atomic mass is 19.4. The number of hydrogen-bond donors (Lipinski definition) is 1. The second-order valence-corrected chi connectivity index (χ2v) is 4.89. The zero-order chi connectivity index (χ0) is 14.4. The number of fused-ring (bicyclic) bond motifs is 1. The van der Waals surface area contributed by atoms with E-state index in [0.29, 0.717) is 10.9 Å². The third-order valence-corrected chi connectivity index (χ3v) is 3.12. The van der Waals surface area contributed by atoms with Crippen molar-refractivity contribution in [3.05, 3.63) is 35.0 Å². The first-order chi connectivity index (χ1) is 8.71. The van der Waals surface area contributed by atoms with Crippen LogP contribution in [0.2, 0.25) is 0 Å². The van der Waals surface area contributed by atoms with Gasteiger partial charge in [-0.05, 0) is 30.5 Å². The number of aromatic nitrogens is 1. The molecule has 0 saturated carbocycles. The Balaban J connectivity index is 2.80. The Morgan fingerprint density at radius 3 is 2.37 bits per heavy atom. The molecule has 0 fully saturated rings. The third kappa shape index (κ3) is 2.37. The summed E-state index contributed by atoms with van der Waals surface area (Å²) in [4.78, 5) is 13.9. The lowest BCUT2D eigenvalue weighted by molar-refractivity contribution is -0.140. The standard InChI is InChI=1S/C14H14F3NO/c1-7(2)9-4-5-11-10(6-9)12(8(3)19)13(18-11)14(15,16)17/h4-7,18H,1-3H3. The molecular weight excluding hydrogens is 255 g/mol. The van der Waals surface area contributed by atoms with Gasteiger partial charge in [-0.3, -0.25) is 4.79 Å². The average molecular weight is 269 g/mol. The Kier molecular flexibility index (Phi) is 3.16. The first-order valence-corrected chi connectivity index (χ1v) is 5.95. The summed E-state index contributed by atoms with van der Waals surface area (Å²) in [6.07, 6.45) is -4.56. The molecule has 0 radical (unpaired) electrons. The van der Waals surface area contributed by atoms with Gasteiger partial charge in [0.25, 0.3) is 0 Å². The second-order valence-electron chi connectivity index (χ2n) is 4.89. The molecule has 19 heavy (non-hydrogen) atoms. The molecule has 2 nitrogen and oxygen atoms in total. The van der Waals surface area contributed by atoms with Crippen molar-refractivity contribution >= 4 is 16.7 Å². The maximum absolute atomic E-state index is 12.9. The largest absolute Gasteiger partial charge is 0.431 e. The van der Waals surface area contributed by atoms with E-state index in [1.807, 2.05) is 13.8 Å². The van der Waals surface area contributed by atoms with Crippen LogP contribution in [-0.2, 0) is 6.18 Å². The van der Waals surface area contributed by atoms with Gasteiger partial charge in [-0.2, -0.15) is 13.2 Å². The van der Waals surface area contributed by atoms with Gasteiger partial charge in [-0.25, -0.2) is 0 Å². The zero-order valence-corrected chi connectivity index (χ0v) is 10.9. The number of H-pyrrole nitrogens is 1. The van der Waals surface area contributed by atoms with Crippen LogP contribution in [0.25, 0.3) is 10.9 Å². The van der Waals surface area contributed by atoms with Crippen molar-refractivity contribution in [2.75, 3.05) is 0 Å². The van der Waals surface area contributed by atoms with Crippen LogP contribution < -0.4 is 0 Å². The van der Waals surface area contributed by atoms with Crippen LogP contribution in [0.5, 0.6) is 0 Å². The number of alkyl halides is 3. The van der Waals surface area contributed by atoms with Crippen molar-refractivity contribution in [2.45, 2.75) is 32.9 Å². The van der Waals surface area contributed by atoms with E-state index < -0.39 is 17.7 Å². The molecule has 0 aliphatic heterocycles. The fourth-order valence-electron chi connectivity index (χ4n) is 2.15. The molecule has 0 saturated heterocycles. The molecule has 2 rings (SSSR count). The number of carbonyl (C=O) groups excluding carboxylic acids is 1. The quantitative estimate of drug-likeness (QED) is 0.799. The van der Waals surface area contributed by atoms with Crippen molar-refractivity contribution in [1.29, 1.82) is 0 Å². The topological polar surface area (TPSA) is 32.9 Å². The van der Waals surface area contributed by atoms with E-state index in [-0.39, 0.29) is 11.5 Å². The summed E-state index contributed by atoms with van der Waals surface area (Å²) in [5, 5.41) is 0.339. The predicted octanol–water partition coefficient (Wildman–Crippen LogP) is 4.51. The maximum atomic E-state index is 12.9. The smallest absolute Gasteiger partial charge is 0.350 e. The fraction of sp³-hybridized carbons (Fsp3) is 0.357. The minimum atomic E-state index is -4.56. The monoisotopic (exact) mass is 269 g/mol. The molecule has 1 aromatic carbocycles. The number of hydrogen-bond acceptors (Lipinski definition) is 1. The van der Waals surface area contributed by atoms with Crippen molar-refractivity contribution in [1.82, 2.24) is 4.98 Å². The number of nitrogens with one attached hydrogen (secondary N) is 1. The van der Waals surface area contributed by atoms with Crippen LogP contribution in [0.1, 0.15) is 48.3 Å². The van der Waals surface area contributed by atoms with Gasteiger partial charge in [0.1, 0.15) is 5.69 Å². The van der Waals surface area contributed by atoms with E-state index in [1.54, 1.807) is 18.2 Å². The normalized spacial score (nSPS) is 12.4. The number of benzene rings is 1. The molecule has 1 N–H and O–H groups in total. The van der Waals surface area contributed by atoms with Gasteiger partial charge in [-0.1, -0.05) is 19.9 Å². The number of aromatic amines is 1. The van der Waals surface area contributed by atoms with Crippen LogP contribution in [0.4, 0.5) is 13.2 Å². The molecule has 1 heterocycles. The minimum Gasteiger partial charge on any atom is -0.350 e. The van der Waals surface area contributed by atoms with Crippen molar-refractivity contribution in [3.8, 4) is 0 Å². The summed E-state index contributed by atoms with van der Waals surface area (Å²) in [6.45, 7) is 5.05. The number of ketones is 1. The Morgan fingerprint density at radius 2 is 1.89 bits per heavy atom. The Hall–Kier alpha value is -1.78. The molecule has 0 spiro atoms. The first kappa shape index (κ1) is 13.6. The highest BCUT2D eigenvalue weighted by Gasteiger charge is 2.37. The Morgan fingerprint density at radius 1 is 1.26 bits per heavy atom. The summed E-state index contributed by atoms with van der Waals surface area (Å²) in [5.41, 5.74) is 0.00514. The van der Waals surface area contributed by atoms with Crippen LogP contribution in [0, 0.1) is 0 Å². The fourth-order valence-corrected chi connectivity index (χ4v) is 2.15. The molecule has 0 aliphatic carbocycles. The molecular formula is C14H14F3NO. The van der Waals surface area contributed by atoms with E-state index >= 15 is 0 Å². The Labute approximate surface area is 108 Å². The first-order valence-electron chi connectivity index (χ1n) is 5.95. The van der Waals surface area contributed by atoms with Crippen molar-refractivity contribution in [3.63, 3.8) is 0 Å². The van der Waals surface area contributed by atoms with Crippen LogP contribution >= 0.6 is 0 Å². The van der Waals surface area contributed by atoms with E-state index in [1.165, 1.54) is 0 Å². The molecule has 2 aromatic rings. The zero-order valence-electron chi connectivity index (χ0n) is 10.9. The third-order valence-electron chi connectivity index (χ3n) is 3.12. The lowest BCUT2D eigenvalue weighted by atomic mass is 9.99. The van der Waals surface area contributed by atoms with Crippen LogP contribution in [-0.4, -0.2) is 10.8 Å². The van der Waals surface area contributed by atoms with Crippen molar-refractivity contribution < 1.29 is 18.0 Å². The molecule has 0 atom stereocenters. The number of rotatable bonds is 2. The average Bonchev–Trinajstić information content (AvgIpc) is 2.66. The summed E-state index contributed by atoms with van der Waals surface area (Å²) < 4.78 is 38.8. The van der Waals surface area contributed by atoms with E-state index in [0.717, 1.165) is 12.5 Å².